The van der Waals surface area contributed by atoms with E-state index in [0.717, 1.165) is 0 Å². The third kappa shape index (κ3) is 2.68. The van der Waals surface area contributed by atoms with Gasteiger partial charge in [-0.3, -0.25) is 4.79 Å². The van der Waals surface area contributed by atoms with E-state index in [4.69, 9.17) is 4.74 Å². The molecule has 0 aliphatic carbocycles. The van der Waals surface area contributed by atoms with Gasteiger partial charge in [-0.15, -0.1) is 0 Å². The van der Waals surface area contributed by atoms with Crippen molar-refractivity contribution < 1.29 is 14.6 Å². The first-order chi connectivity index (χ1) is 11.1. The van der Waals surface area contributed by atoms with Gasteiger partial charge in [0.05, 0.1) is 23.3 Å². The van der Waals surface area contributed by atoms with Gasteiger partial charge in [-0.1, -0.05) is 30.3 Å². The number of esters is 1. The van der Waals surface area contributed by atoms with Crippen LogP contribution in [0.5, 0.6) is 5.75 Å². The molecule has 3 rings (SSSR count). The predicted molar refractivity (Wildman–Crippen MR) is 87.6 cm³/mol. The van der Waals surface area contributed by atoms with Gasteiger partial charge in [0.2, 0.25) is 0 Å². The van der Waals surface area contributed by atoms with E-state index >= 15 is 0 Å². The van der Waals surface area contributed by atoms with Gasteiger partial charge >= 0.3 is 5.97 Å². The zero-order valence-electron chi connectivity index (χ0n) is 12.5. The molecular formula is C18H15NO4. The normalized spacial score (nSPS) is 10.7. The first kappa shape index (κ1) is 14.8. The highest BCUT2D eigenvalue weighted by atomic mass is 16.5. The first-order valence-electron chi connectivity index (χ1n) is 7.23. The number of benzene rings is 2. The molecule has 5 heteroatoms. The fourth-order valence-corrected chi connectivity index (χ4v) is 2.49. The lowest BCUT2D eigenvalue weighted by molar-refractivity contribution is 0.0526. The molecule has 0 amide bonds. The van der Waals surface area contributed by atoms with Gasteiger partial charge in [0, 0.05) is 5.39 Å². The molecule has 0 saturated carbocycles. The van der Waals surface area contributed by atoms with E-state index in [9.17, 15) is 14.7 Å². The number of nitrogens with one attached hydrogen (secondary N) is 1. The van der Waals surface area contributed by atoms with Crippen LogP contribution in [0.1, 0.15) is 17.3 Å². The Kier molecular flexibility index (Phi) is 3.85. The standard InChI is InChI=1S/C18H15NO4/c1-2-23-18(22)12-8-9-14-13(10-12)16(20)15(17(21)19-14)11-6-4-3-5-7-11/h3-10H,2H2,1H3,(H2,19,20,21). The monoisotopic (exact) mass is 309 g/mol. The minimum absolute atomic E-state index is 0.152. The second-order valence-corrected chi connectivity index (χ2v) is 5.02. The van der Waals surface area contributed by atoms with Crippen LogP contribution in [-0.4, -0.2) is 22.7 Å². The highest BCUT2D eigenvalue weighted by Gasteiger charge is 2.15. The Hall–Kier alpha value is -3.08. The number of H-pyrrole nitrogens is 1. The summed E-state index contributed by atoms with van der Waals surface area (Å²) in [7, 11) is 0. The summed E-state index contributed by atoms with van der Waals surface area (Å²) in [6.45, 7) is 1.99. The molecule has 0 bridgehead atoms. The van der Waals surface area contributed by atoms with Gasteiger partial charge in [0.15, 0.2) is 0 Å². The average Bonchev–Trinajstić information content (AvgIpc) is 2.56. The smallest absolute Gasteiger partial charge is 0.338 e. The molecule has 3 aromatic rings. The van der Waals surface area contributed by atoms with Crippen LogP contribution in [0.2, 0.25) is 0 Å². The van der Waals surface area contributed by atoms with Crippen LogP contribution in [0.25, 0.3) is 22.0 Å². The van der Waals surface area contributed by atoms with Crippen molar-refractivity contribution in [1.29, 1.82) is 0 Å². The van der Waals surface area contributed by atoms with Crippen LogP contribution >= 0.6 is 0 Å². The van der Waals surface area contributed by atoms with Crippen LogP contribution in [0.15, 0.2) is 53.3 Å². The van der Waals surface area contributed by atoms with E-state index in [1.165, 1.54) is 6.07 Å². The Morgan fingerprint density at radius 2 is 1.91 bits per heavy atom. The zero-order chi connectivity index (χ0) is 16.4. The van der Waals surface area contributed by atoms with E-state index in [1.807, 2.05) is 6.07 Å². The summed E-state index contributed by atoms with van der Waals surface area (Å²) in [6, 6.07) is 13.5. The first-order valence-corrected chi connectivity index (χ1v) is 7.23. The van der Waals surface area contributed by atoms with Crippen molar-refractivity contribution in [2.45, 2.75) is 6.92 Å². The molecule has 1 aromatic heterocycles. The van der Waals surface area contributed by atoms with Crippen molar-refractivity contribution in [3.8, 4) is 16.9 Å². The van der Waals surface area contributed by atoms with E-state index in [2.05, 4.69) is 4.98 Å². The Labute approximate surface area is 132 Å². The number of aromatic hydroxyl groups is 1. The zero-order valence-corrected chi connectivity index (χ0v) is 12.5. The molecule has 23 heavy (non-hydrogen) atoms. The maximum absolute atomic E-state index is 12.3. The Morgan fingerprint density at radius 3 is 2.61 bits per heavy atom. The number of carbonyl (C=O) groups excluding carboxylic acids is 1. The molecule has 0 aliphatic heterocycles. The maximum Gasteiger partial charge on any atom is 0.338 e. The molecule has 2 aromatic carbocycles. The third-order valence-electron chi connectivity index (χ3n) is 3.56. The number of carbonyl (C=O) groups is 1. The molecule has 0 radical (unpaired) electrons. The minimum atomic E-state index is -0.471. The van der Waals surface area contributed by atoms with Crippen molar-refractivity contribution in [1.82, 2.24) is 4.98 Å². The Morgan fingerprint density at radius 1 is 1.17 bits per heavy atom. The average molecular weight is 309 g/mol. The van der Waals surface area contributed by atoms with Crippen molar-refractivity contribution in [2.75, 3.05) is 6.61 Å². The molecule has 0 aliphatic rings. The molecule has 5 nitrogen and oxygen atoms in total. The summed E-state index contributed by atoms with van der Waals surface area (Å²) >= 11 is 0. The molecule has 2 N–H and O–H groups in total. The highest BCUT2D eigenvalue weighted by molar-refractivity contribution is 5.98. The number of hydrogen-bond acceptors (Lipinski definition) is 4. The summed E-state index contributed by atoms with van der Waals surface area (Å²) in [5.74, 6) is -0.623. The second-order valence-electron chi connectivity index (χ2n) is 5.02. The maximum atomic E-state index is 12.3. The SMILES string of the molecule is CCOC(=O)c1ccc2[nH]c(=O)c(-c3ccccc3)c(O)c2c1. The fraction of sp³-hybridized carbons (Fsp3) is 0.111. The predicted octanol–water partition coefficient (Wildman–Crippen LogP) is 3.08. The third-order valence-corrected chi connectivity index (χ3v) is 3.56. The molecule has 0 unspecified atom stereocenters. The van der Waals surface area contributed by atoms with Gasteiger partial charge < -0.3 is 14.8 Å². The summed E-state index contributed by atoms with van der Waals surface area (Å²) in [5, 5.41) is 10.9. The Balaban J connectivity index is 2.24. The van der Waals surface area contributed by atoms with Crippen LogP contribution in [0, 0.1) is 0 Å². The van der Waals surface area contributed by atoms with Gasteiger partial charge in [0.1, 0.15) is 5.75 Å². The van der Waals surface area contributed by atoms with E-state index in [-0.39, 0.29) is 23.5 Å². The minimum Gasteiger partial charge on any atom is -0.506 e. The van der Waals surface area contributed by atoms with Gasteiger partial charge in [-0.2, -0.15) is 0 Å². The lowest BCUT2D eigenvalue weighted by Gasteiger charge is -2.09. The summed E-state index contributed by atoms with van der Waals surface area (Å²) in [5.41, 5.74) is 1.18. The van der Waals surface area contributed by atoms with E-state index < -0.39 is 5.97 Å². The highest BCUT2D eigenvalue weighted by Crippen LogP contribution is 2.32. The summed E-state index contributed by atoms with van der Waals surface area (Å²) in [4.78, 5) is 26.8. The van der Waals surface area contributed by atoms with Crippen LogP contribution in [0.3, 0.4) is 0 Å². The number of pyridine rings is 1. The van der Waals surface area contributed by atoms with Gasteiger partial charge in [0.25, 0.3) is 5.56 Å². The molecule has 0 spiro atoms. The second kappa shape index (κ2) is 5.96. The number of aromatic nitrogens is 1. The number of rotatable bonds is 3. The van der Waals surface area contributed by atoms with Crippen molar-refractivity contribution >= 4 is 16.9 Å². The molecule has 0 fully saturated rings. The number of hydrogen-bond donors (Lipinski definition) is 2. The lowest BCUT2D eigenvalue weighted by atomic mass is 10.0. The number of ether oxygens (including phenoxy) is 1. The van der Waals surface area contributed by atoms with Crippen LogP contribution < -0.4 is 5.56 Å². The van der Waals surface area contributed by atoms with Crippen molar-refractivity contribution in [2.24, 2.45) is 0 Å². The molecular weight excluding hydrogens is 294 g/mol. The number of fused-ring (bicyclic) bond motifs is 1. The Bertz CT molecular complexity index is 929. The largest absolute Gasteiger partial charge is 0.506 e. The van der Waals surface area contributed by atoms with Crippen molar-refractivity contribution in [3.63, 3.8) is 0 Å². The molecule has 1 heterocycles. The number of aromatic amines is 1. The quantitative estimate of drug-likeness (QED) is 0.729. The summed E-state index contributed by atoms with van der Waals surface area (Å²) < 4.78 is 4.96. The lowest BCUT2D eigenvalue weighted by Crippen LogP contribution is -2.10. The molecule has 0 saturated heterocycles. The topological polar surface area (TPSA) is 79.4 Å². The molecule has 116 valence electrons. The molecule has 0 atom stereocenters. The van der Waals surface area contributed by atoms with Gasteiger partial charge in [-0.05, 0) is 30.7 Å². The van der Waals surface area contributed by atoms with E-state index in [1.54, 1.807) is 43.3 Å². The van der Waals surface area contributed by atoms with Gasteiger partial charge in [-0.25, -0.2) is 4.79 Å². The van der Waals surface area contributed by atoms with Crippen molar-refractivity contribution in [3.05, 3.63) is 64.4 Å². The van der Waals surface area contributed by atoms with Crippen LogP contribution in [0.4, 0.5) is 0 Å². The van der Waals surface area contributed by atoms with Crippen LogP contribution in [-0.2, 0) is 4.74 Å². The van der Waals surface area contributed by atoms with E-state index in [0.29, 0.717) is 22.0 Å². The fourth-order valence-electron chi connectivity index (χ4n) is 2.49. The summed E-state index contributed by atoms with van der Waals surface area (Å²) in [6.07, 6.45) is 0.